The predicted octanol–water partition coefficient (Wildman–Crippen LogP) is -3.05. The summed E-state index contributed by atoms with van der Waals surface area (Å²) in [5.41, 5.74) is 1.18. The maximum atomic E-state index is 10.6. The molecule has 0 atom stereocenters. The maximum Gasteiger partial charge on any atom is 0.351 e. The van der Waals surface area contributed by atoms with Gasteiger partial charge in [-0.05, 0) is 0 Å². The van der Waals surface area contributed by atoms with Gasteiger partial charge in [-0.3, -0.25) is 10.1 Å². The number of nitrogens with zero attached hydrogens (tertiary/aromatic N) is 2. The normalized spacial score (nSPS) is 10.9. The minimum atomic E-state index is -4.94. The molecule has 0 bridgehead atoms. The van der Waals surface area contributed by atoms with E-state index in [1.165, 1.54) is 17.4 Å². The minimum Gasteiger partial charge on any atom is -0.258 e. The first-order valence-electron chi connectivity index (χ1n) is 4.35. The van der Waals surface area contributed by atoms with Crippen molar-refractivity contribution in [1.82, 2.24) is 0 Å². The van der Waals surface area contributed by atoms with Gasteiger partial charge in [0, 0.05) is 19.1 Å². The Bertz CT molecular complexity index is 560. The molecule has 0 aliphatic carbocycles. The number of hydrogen-bond acceptors (Lipinski definition) is 7. The van der Waals surface area contributed by atoms with Crippen LogP contribution >= 0.6 is 11.3 Å². The molecule has 0 fully saturated rings. The number of aromatic nitrogens is 1. The van der Waals surface area contributed by atoms with Gasteiger partial charge in [-0.25, -0.2) is 18.6 Å². The van der Waals surface area contributed by atoms with Crippen molar-refractivity contribution in [3.8, 4) is 0 Å². The predicted molar refractivity (Wildman–Crippen MR) is 48.9 cm³/mol. The number of fused-ring (bicyclic) bond motifs is 1. The Labute approximate surface area is 107 Å². The van der Waals surface area contributed by atoms with Crippen LogP contribution in [-0.2, 0) is 0 Å². The molecule has 8 nitrogen and oxygen atoms in total. The van der Waals surface area contributed by atoms with Crippen LogP contribution in [0.4, 0.5) is 5.69 Å². The van der Waals surface area contributed by atoms with Gasteiger partial charge < -0.3 is 0 Å². The van der Waals surface area contributed by atoms with Crippen LogP contribution in [0.3, 0.4) is 0 Å². The summed E-state index contributed by atoms with van der Waals surface area (Å²) in [7, 11) is -4.94. The second-order valence-electron chi connectivity index (χ2n) is 3.08. The zero-order valence-corrected chi connectivity index (χ0v) is 10.5. The summed E-state index contributed by atoms with van der Waals surface area (Å²) in [6, 6.07) is 3.20. The minimum absolute atomic E-state index is 0.167. The summed E-state index contributed by atoms with van der Waals surface area (Å²) >= 11 is 1.39. The lowest BCUT2D eigenvalue weighted by Crippen LogP contribution is -2.68. The van der Waals surface area contributed by atoms with Crippen LogP contribution in [0.1, 0.15) is 5.69 Å². The zero-order chi connectivity index (χ0) is 13.9. The largest absolute Gasteiger partial charge is 0.351 e. The number of pyridine rings is 1. The molecule has 0 amide bonds. The lowest BCUT2D eigenvalue weighted by Gasteiger charge is -2.17. The highest BCUT2D eigenvalue weighted by Crippen LogP contribution is 2.20. The average Bonchev–Trinajstić information content (AvgIpc) is 2.58. The van der Waals surface area contributed by atoms with Crippen LogP contribution in [-0.4, -0.2) is 4.92 Å². The topological polar surface area (TPSA) is 139 Å². The summed E-state index contributed by atoms with van der Waals surface area (Å²) in [6.07, 6.45) is 1.83. The Morgan fingerprint density at radius 1 is 1.33 bits per heavy atom. The Morgan fingerprint density at radius 2 is 1.89 bits per heavy atom. The van der Waals surface area contributed by atoms with Crippen LogP contribution in [0.25, 0.3) is 4.83 Å². The van der Waals surface area contributed by atoms with Crippen molar-refractivity contribution in [1.29, 1.82) is 0 Å². The Kier molecular flexibility index (Phi) is 4.51. The van der Waals surface area contributed by atoms with Crippen molar-refractivity contribution in [3.63, 3.8) is 0 Å². The molecule has 0 aromatic carbocycles. The molecule has 0 saturated heterocycles. The van der Waals surface area contributed by atoms with Gasteiger partial charge in [-0.15, -0.1) is 14.6 Å². The highest BCUT2D eigenvalue weighted by atomic mass is 35.7. The standard InChI is InChI=1S/C8H7N2O2S.ClHO4/c1-6-5-13-8-7(10(11)12)3-2-4-9(6)8;2-1(3,4)5/h2-5H,1H3;(H,2,3,4,5)/q+1;/p-1. The van der Waals surface area contributed by atoms with Crippen LogP contribution in [0.15, 0.2) is 23.7 Å². The molecule has 18 heavy (non-hydrogen) atoms. The van der Waals surface area contributed by atoms with Crippen LogP contribution in [0.5, 0.6) is 0 Å². The van der Waals surface area contributed by atoms with Gasteiger partial charge >= 0.3 is 10.5 Å². The third kappa shape index (κ3) is 4.14. The van der Waals surface area contributed by atoms with Crippen molar-refractivity contribution in [3.05, 3.63) is 39.5 Å². The number of nitro groups is 1. The van der Waals surface area contributed by atoms with Crippen molar-refractivity contribution < 1.29 is 38.2 Å². The van der Waals surface area contributed by atoms with E-state index in [0.29, 0.717) is 4.83 Å². The van der Waals surface area contributed by atoms with E-state index in [2.05, 4.69) is 0 Å². The lowest BCUT2D eigenvalue weighted by molar-refractivity contribution is -2.00. The quantitative estimate of drug-likeness (QED) is 0.311. The second-order valence-corrected chi connectivity index (χ2v) is 4.69. The van der Waals surface area contributed by atoms with Gasteiger partial charge in [0.2, 0.25) is 0 Å². The molecule has 2 aromatic heterocycles. The molecule has 0 spiro atoms. The number of thiazole rings is 1. The summed E-state index contributed by atoms with van der Waals surface area (Å²) in [4.78, 5) is 11.0. The smallest absolute Gasteiger partial charge is 0.258 e. The fourth-order valence-corrected chi connectivity index (χ4v) is 2.19. The van der Waals surface area contributed by atoms with E-state index in [1.54, 1.807) is 6.07 Å². The molecular weight excluding hydrogens is 288 g/mol. The van der Waals surface area contributed by atoms with E-state index < -0.39 is 10.2 Å². The molecule has 2 rings (SSSR count). The first-order valence-corrected chi connectivity index (χ1v) is 6.46. The number of hydrogen-bond donors (Lipinski definition) is 0. The summed E-state index contributed by atoms with van der Waals surface area (Å²) < 4.78 is 35.8. The Hall–Kier alpha value is -1.36. The van der Waals surface area contributed by atoms with E-state index >= 15 is 0 Å². The molecule has 0 saturated carbocycles. The first kappa shape index (κ1) is 14.7. The first-order chi connectivity index (χ1) is 8.20. The molecule has 2 aromatic rings. The highest BCUT2D eigenvalue weighted by molar-refractivity contribution is 7.15. The maximum absolute atomic E-state index is 10.6. The Balaban J connectivity index is 0.000000280. The van der Waals surface area contributed by atoms with Crippen LogP contribution in [0.2, 0.25) is 0 Å². The third-order valence-electron chi connectivity index (χ3n) is 1.84. The molecule has 0 radical (unpaired) electrons. The SMILES string of the molecule is Cc1csc2c([N+](=O)[O-])ccc[n+]12.[O-][Cl+3]([O-])([O-])[O-]. The van der Waals surface area contributed by atoms with Crippen molar-refractivity contribution in [2.75, 3.05) is 0 Å². The molecule has 0 unspecified atom stereocenters. The summed E-state index contributed by atoms with van der Waals surface area (Å²) in [5.74, 6) is 0. The van der Waals surface area contributed by atoms with Crippen molar-refractivity contribution in [2.45, 2.75) is 6.92 Å². The van der Waals surface area contributed by atoms with Gasteiger partial charge in [0.1, 0.15) is 0 Å². The fraction of sp³-hybridized carbons (Fsp3) is 0.125. The van der Waals surface area contributed by atoms with Crippen LogP contribution in [0, 0.1) is 27.3 Å². The van der Waals surface area contributed by atoms with Gasteiger partial charge in [0.25, 0.3) is 0 Å². The molecule has 0 aliphatic rings. The summed E-state index contributed by atoms with van der Waals surface area (Å²) in [5, 5.41) is 12.5. The van der Waals surface area contributed by atoms with Crippen molar-refractivity contribution in [2.24, 2.45) is 0 Å². The second kappa shape index (κ2) is 5.52. The lowest BCUT2D eigenvalue weighted by atomic mass is 10.4. The monoisotopic (exact) mass is 294 g/mol. The molecule has 10 heteroatoms. The van der Waals surface area contributed by atoms with Gasteiger partial charge in [-0.2, -0.15) is 0 Å². The number of halogens is 1. The van der Waals surface area contributed by atoms with E-state index in [9.17, 15) is 10.1 Å². The zero-order valence-electron chi connectivity index (χ0n) is 8.94. The Morgan fingerprint density at radius 3 is 2.39 bits per heavy atom. The van der Waals surface area contributed by atoms with E-state index in [-0.39, 0.29) is 10.6 Å². The third-order valence-corrected chi connectivity index (χ3v) is 2.93. The van der Waals surface area contributed by atoms with Gasteiger partial charge in [-0.1, -0.05) is 11.3 Å². The van der Waals surface area contributed by atoms with Crippen LogP contribution < -0.4 is 23.0 Å². The van der Waals surface area contributed by atoms with E-state index in [1.807, 2.05) is 22.9 Å². The fourth-order valence-electron chi connectivity index (χ4n) is 1.21. The molecule has 2 heterocycles. The van der Waals surface area contributed by atoms with Gasteiger partial charge in [0.15, 0.2) is 11.9 Å². The van der Waals surface area contributed by atoms with E-state index in [4.69, 9.17) is 18.6 Å². The van der Waals surface area contributed by atoms with Gasteiger partial charge in [0.05, 0.1) is 10.3 Å². The highest BCUT2D eigenvalue weighted by Gasteiger charge is 2.21. The van der Waals surface area contributed by atoms with E-state index in [0.717, 1.165) is 5.69 Å². The summed E-state index contributed by atoms with van der Waals surface area (Å²) in [6.45, 7) is 1.92. The molecule has 0 aliphatic heterocycles. The molecule has 98 valence electrons. The van der Waals surface area contributed by atoms with Crippen molar-refractivity contribution >= 4 is 21.9 Å². The molecule has 0 N–H and O–H groups in total. The number of aryl methyl sites for hydroxylation is 1. The number of rotatable bonds is 1. The molecular formula is C8H7ClN2O6S. The average molecular weight is 295 g/mol.